The first-order valence-corrected chi connectivity index (χ1v) is 6.83. The zero-order valence-electron chi connectivity index (χ0n) is 10.3. The van der Waals surface area contributed by atoms with Crippen LogP contribution in [0, 0.1) is 5.92 Å². The lowest BCUT2D eigenvalue weighted by atomic mass is 9.94. The maximum Gasteiger partial charge on any atom is -0.00140 e. The fourth-order valence-corrected chi connectivity index (χ4v) is 2.35. The van der Waals surface area contributed by atoms with Crippen molar-refractivity contribution in [3.05, 3.63) is 0 Å². The number of hydrogen-bond acceptors (Lipinski definition) is 3. The van der Waals surface area contributed by atoms with Crippen molar-refractivity contribution in [2.45, 2.75) is 25.7 Å². The van der Waals surface area contributed by atoms with Gasteiger partial charge in [-0.1, -0.05) is 0 Å². The Morgan fingerprint density at radius 1 is 1.27 bits per heavy atom. The van der Waals surface area contributed by atoms with Gasteiger partial charge in [-0.3, -0.25) is 0 Å². The molecule has 1 aliphatic heterocycles. The maximum absolute atomic E-state index is 4.24. The van der Waals surface area contributed by atoms with Gasteiger partial charge in [0.15, 0.2) is 0 Å². The molecule has 0 aromatic heterocycles. The Balaban J connectivity index is 2.04. The molecular formula is C12H26N2S. The Hall–Kier alpha value is 0.270. The first-order valence-electron chi connectivity index (χ1n) is 6.20. The zero-order chi connectivity index (χ0) is 11.1. The monoisotopic (exact) mass is 230 g/mol. The highest BCUT2D eigenvalue weighted by molar-refractivity contribution is 7.80. The molecule has 0 bridgehead atoms. The van der Waals surface area contributed by atoms with E-state index in [9.17, 15) is 0 Å². The van der Waals surface area contributed by atoms with Crippen LogP contribution in [0.1, 0.15) is 25.7 Å². The molecule has 0 aromatic carbocycles. The molecule has 0 aromatic rings. The third-order valence-electron chi connectivity index (χ3n) is 3.46. The second-order valence-electron chi connectivity index (χ2n) is 4.92. The lowest BCUT2D eigenvalue weighted by Gasteiger charge is -2.30. The molecule has 0 radical (unpaired) electrons. The third-order valence-corrected chi connectivity index (χ3v) is 3.77. The van der Waals surface area contributed by atoms with Crippen LogP contribution in [0.4, 0.5) is 0 Å². The Morgan fingerprint density at radius 3 is 2.53 bits per heavy atom. The van der Waals surface area contributed by atoms with Crippen LogP contribution >= 0.6 is 12.6 Å². The van der Waals surface area contributed by atoms with Gasteiger partial charge in [0.2, 0.25) is 0 Å². The van der Waals surface area contributed by atoms with Crippen LogP contribution in [0.5, 0.6) is 0 Å². The van der Waals surface area contributed by atoms with Crippen molar-refractivity contribution in [2.75, 3.05) is 46.0 Å². The molecule has 1 aliphatic rings. The SMILES string of the molecule is CN(CCCS)CCC1CCN(C)CC1. The molecule has 0 aliphatic carbocycles. The van der Waals surface area contributed by atoms with Crippen LogP contribution in [0.25, 0.3) is 0 Å². The van der Waals surface area contributed by atoms with E-state index >= 15 is 0 Å². The van der Waals surface area contributed by atoms with Crippen LogP contribution in [-0.2, 0) is 0 Å². The lowest BCUT2D eigenvalue weighted by molar-refractivity contribution is 0.196. The van der Waals surface area contributed by atoms with E-state index in [1.54, 1.807) is 0 Å². The minimum atomic E-state index is 0.972. The van der Waals surface area contributed by atoms with Crippen LogP contribution in [0.15, 0.2) is 0 Å². The van der Waals surface area contributed by atoms with E-state index in [1.165, 1.54) is 51.9 Å². The second-order valence-corrected chi connectivity index (χ2v) is 5.36. The predicted molar refractivity (Wildman–Crippen MR) is 70.8 cm³/mol. The van der Waals surface area contributed by atoms with E-state index in [2.05, 4.69) is 36.5 Å². The summed E-state index contributed by atoms with van der Waals surface area (Å²) < 4.78 is 0. The average Bonchev–Trinajstić information content (AvgIpc) is 2.25. The summed E-state index contributed by atoms with van der Waals surface area (Å²) in [5, 5.41) is 0. The van der Waals surface area contributed by atoms with Gasteiger partial charge in [-0.25, -0.2) is 0 Å². The summed E-state index contributed by atoms with van der Waals surface area (Å²) in [5.74, 6) is 1.98. The summed E-state index contributed by atoms with van der Waals surface area (Å²) in [5.41, 5.74) is 0. The highest BCUT2D eigenvalue weighted by Crippen LogP contribution is 2.19. The van der Waals surface area contributed by atoms with Gasteiger partial charge in [0.1, 0.15) is 0 Å². The molecular weight excluding hydrogens is 204 g/mol. The predicted octanol–water partition coefficient (Wildman–Crippen LogP) is 1.97. The molecule has 1 saturated heterocycles. The van der Waals surface area contributed by atoms with Crippen LogP contribution in [-0.4, -0.2) is 55.8 Å². The molecule has 1 heterocycles. The van der Waals surface area contributed by atoms with Gasteiger partial charge < -0.3 is 9.80 Å². The van der Waals surface area contributed by atoms with Gasteiger partial charge in [-0.15, -0.1) is 0 Å². The molecule has 15 heavy (non-hydrogen) atoms. The van der Waals surface area contributed by atoms with Crippen LogP contribution in [0.3, 0.4) is 0 Å². The largest absolute Gasteiger partial charge is 0.306 e. The lowest BCUT2D eigenvalue weighted by Crippen LogP contribution is -2.32. The quantitative estimate of drug-likeness (QED) is 0.697. The Kier molecular flexibility index (Phi) is 6.69. The first kappa shape index (κ1) is 13.3. The molecule has 0 spiro atoms. The normalized spacial score (nSPS) is 20.0. The summed E-state index contributed by atoms with van der Waals surface area (Å²) >= 11 is 4.24. The number of likely N-dealkylation sites (tertiary alicyclic amines) is 1. The van der Waals surface area contributed by atoms with Gasteiger partial charge in [0.25, 0.3) is 0 Å². The van der Waals surface area contributed by atoms with E-state index < -0.39 is 0 Å². The van der Waals surface area contributed by atoms with Crippen molar-refractivity contribution in [1.82, 2.24) is 9.80 Å². The zero-order valence-corrected chi connectivity index (χ0v) is 11.2. The fraction of sp³-hybridized carbons (Fsp3) is 1.00. The molecule has 1 fully saturated rings. The molecule has 0 N–H and O–H groups in total. The standard InChI is InChI=1S/C12H26N2S/c1-13(7-3-11-15)8-4-12-5-9-14(2)10-6-12/h12,15H,3-11H2,1-2H3. The van der Waals surface area contributed by atoms with Crippen molar-refractivity contribution in [1.29, 1.82) is 0 Å². The van der Waals surface area contributed by atoms with Gasteiger partial charge >= 0.3 is 0 Å². The second kappa shape index (κ2) is 7.53. The minimum Gasteiger partial charge on any atom is -0.306 e. The first-order chi connectivity index (χ1) is 7.22. The van der Waals surface area contributed by atoms with Crippen molar-refractivity contribution in [2.24, 2.45) is 5.92 Å². The molecule has 0 unspecified atom stereocenters. The van der Waals surface area contributed by atoms with E-state index in [4.69, 9.17) is 0 Å². The molecule has 2 nitrogen and oxygen atoms in total. The number of nitrogens with zero attached hydrogens (tertiary/aromatic N) is 2. The number of rotatable bonds is 6. The topological polar surface area (TPSA) is 6.48 Å². The van der Waals surface area contributed by atoms with Gasteiger partial charge in [0, 0.05) is 0 Å². The van der Waals surface area contributed by atoms with E-state index in [-0.39, 0.29) is 0 Å². The number of piperidine rings is 1. The van der Waals surface area contributed by atoms with Crippen molar-refractivity contribution < 1.29 is 0 Å². The van der Waals surface area contributed by atoms with Gasteiger partial charge in [0.05, 0.1) is 0 Å². The summed E-state index contributed by atoms with van der Waals surface area (Å²) in [6.07, 6.45) is 5.40. The molecule has 0 atom stereocenters. The molecule has 1 rings (SSSR count). The van der Waals surface area contributed by atoms with Crippen LogP contribution in [0.2, 0.25) is 0 Å². The van der Waals surface area contributed by atoms with Crippen molar-refractivity contribution in [3.63, 3.8) is 0 Å². The van der Waals surface area contributed by atoms with Gasteiger partial charge in [-0.2, -0.15) is 12.6 Å². The summed E-state index contributed by atoms with van der Waals surface area (Å²) in [6.45, 7) is 5.06. The van der Waals surface area contributed by atoms with E-state index in [0.29, 0.717) is 0 Å². The summed E-state index contributed by atoms with van der Waals surface area (Å²) in [7, 11) is 4.47. The summed E-state index contributed by atoms with van der Waals surface area (Å²) in [6, 6.07) is 0. The Morgan fingerprint density at radius 2 is 1.93 bits per heavy atom. The van der Waals surface area contributed by atoms with Crippen molar-refractivity contribution >= 4 is 12.6 Å². The molecule has 90 valence electrons. The fourth-order valence-electron chi connectivity index (χ4n) is 2.21. The molecule has 3 heteroatoms. The van der Waals surface area contributed by atoms with E-state index in [1.807, 2.05) is 0 Å². The maximum atomic E-state index is 4.24. The minimum absolute atomic E-state index is 0.972. The van der Waals surface area contributed by atoms with Crippen LogP contribution < -0.4 is 0 Å². The Labute approximate surface area is 100 Å². The number of hydrogen-bond donors (Lipinski definition) is 1. The van der Waals surface area contributed by atoms with Gasteiger partial charge in [-0.05, 0) is 77.6 Å². The highest BCUT2D eigenvalue weighted by atomic mass is 32.1. The highest BCUT2D eigenvalue weighted by Gasteiger charge is 2.16. The van der Waals surface area contributed by atoms with E-state index in [0.717, 1.165) is 11.7 Å². The van der Waals surface area contributed by atoms with Crippen molar-refractivity contribution in [3.8, 4) is 0 Å². The molecule has 0 amide bonds. The Bertz CT molecular complexity index is 156. The summed E-state index contributed by atoms with van der Waals surface area (Å²) in [4.78, 5) is 4.90. The average molecular weight is 230 g/mol. The number of thiol groups is 1. The third kappa shape index (κ3) is 5.79. The smallest absolute Gasteiger partial charge is 0.00140 e. The molecule has 0 saturated carbocycles.